The molecule has 1 saturated heterocycles. The van der Waals surface area contributed by atoms with Gasteiger partial charge in [-0.25, -0.2) is 8.42 Å². The first-order chi connectivity index (χ1) is 14.3. The Balaban J connectivity index is 1.68. The number of anilines is 2. The fourth-order valence-corrected chi connectivity index (χ4v) is 4.75. The van der Waals surface area contributed by atoms with Gasteiger partial charge >= 0.3 is 0 Å². The van der Waals surface area contributed by atoms with Gasteiger partial charge in [-0.2, -0.15) is 4.72 Å². The van der Waals surface area contributed by atoms with E-state index in [4.69, 9.17) is 4.74 Å². The van der Waals surface area contributed by atoms with E-state index in [9.17, 15) is 13.2 Å². The molecule has 1 aliphatic rings. The van der Waals surface area contributed by atoms with Crippen LogP contribution in [0.4, 0.5) is 11.4 Å². The second-order valence-electron chi connectivity index (χ2n) is 7.43. The zero-order valence-electron chi connectivity index (χ0n) is 17.0. The first kappa shape index (κ1) is 22.7. The average Bonchev–Trinajstić information content (AvgIpc) is 2.73. The molecule has 1 unspecified atom stereocenters. The lowest BCUT2D eigenvalue weighted by Crippen LogP contribution is -2.47. The molecule has 1 fully saturated rings. The molecule has 2 N–H and O–H groups in total. The van der Waals surface area contributed by atoms with E-state index in [1.54, 1.807) is 26.0 Å². The zero-order valence-corrected chi connectivity index (χ0v) is 19.4. The van der Waals surface area contributed by atoms with Crippen molar-refractivity contribution in [3.8, 4) is 0 Å². The molecule has 30 heavy (non-hydrogen) atoms. The molecule has 1 heterocycles. The second-order valence-corrected chi connectivity index (χ2v) is 10.1. The van der Waals surface area contributed by atoms with Crippen LogP contribution in [-0.2, 0) is 19.6 Å². The van der Waals surface area contributed by atoms with E-state index < -0.39 is 22.0 Å². The fraction of sp³-hybridized carbons (Fsp3) is 0.381. The molecule has 3 rings (SSSR count). The van der Waals surface area contributed by atoms with Gasteiger partial charge in [0, 0.05) is 28.9 Å². The van der Waals surface area contributed by atoms with Crippen molar-refractivity contribution in [2.45, 2.75) is 24.8 Å². The predicted molar refractivity (Wildman–Crippen MR) is 121 cm³/mol. The molecular weight excluding hydrogens is 470 g/mol. The van der Waals surface area contributed by atoms with Gasteiger partial charge in [-0.15, -0.1) is 0 Å². The Morgan fingerprint density at radius 2 is 1.63 bits per heavy atom. The standard InChI is InChI=1S/C21H26BrN3O4S/c1-15(2)20(24-30(27,28)19-9-3-16(22)4-10-19)21(26)23-17-5-7-18(8-6-17)25-11-13-29-14-12-25/h3-10,15,20,24H,11-14H2,1-2H3,(H,23,26). The third-order valence-corrected chi connectivity index (χ3v) is 6.85. The highest BCUT2D eigenvalue weighted by Crippen LogP contribution is 2.20. The van der Waals surface area contributed by atoms with Gasteiger partial charge in [-0.05, 0) is 54.4 Å². The van der Waals surface area contributed by atoms with Crippen molar-refractivity contribution < 1.29 is 17.9 Å². The van der Waals surface area contributed by atoms with Crippen molar-refractivity contribution in [3.05, 3.63) is 53.0 Å². The number of halogens is 1. The molecule has 1 amide bonds. The van der Waals surface area contributed by atoms with Crippen molar-refractivity contribution in [3.63, 3.8) is 0 Å². The highest BCUT2D eigenvalue weighted by atomic mass is 79.9. The summed E-state index contributed by atoms with van der Waals surface area (Å²) in [6.45, 7) is 6.67. The van der Waals surface area contributed by atoms with Gasteiger partial charge in [0.15, 0.2) is 0 Å². The summed E-state index contributed by atoms with van der Waals surface area (Å²) in [5.74, 6) is -0.632. The average molecular weight is 496 g/mol. The molecule has 0 bridgehead atoms. The number of carbonyl (C=O) groups excluding carboxylic acids is 1. The predicted octanol–water partition coefficient (Wildman–Crippen LogP) is 3.23. The fourth-order valence-electron chi connectivity index (χ4n) is 3.14. The Morgan fingerprint density at radius 3 is 2.20 bits per heavy atom. The minimum atomic E-state index is -3.83. The van der Waals surface area contributed by atoms with E-state index in [2.05, 4.69) is 30.9 Å². The molecule has 1 aliphatic heterocycles. The number of ether oxygens (including phenoxy) is 1. The SMILES string of the molecule is CC(C)C(NS(=O)(=O)c1ccc(Br)cc1)C(=O)Nc1ccc(N2CCOCC2)cc1. The maximum atomic E-state index is 12.8. The van der Waals surface area contributed by atoms with E-state index in [0.29, 0.717) is 18.9 Å². The largest absolute Gasteiger partial charge is 0.378 e. The smallest absolute Gasteiger partial charge is 0.242 e. The van der Waals surface area contributed by atoms with Crippen molar-refractivity contribution in [1.29, 1.82) is 0 Å². The lowest BCUT2D eigenvalue weighted by atomic mass is 10.0. The van der Waals surface area contributed by atoms with Crippen LogP contribution in [0.3, 0.4) is 0 Å². The number of hydrogen-bond donors (Lipinski definition) is 2. The van der Waals surface area contributed by atoms with Gasteiger partial charge < -0.3 is 15.0 Å². The summed E-state index contributed by atoms with van der Waals surface area (Å²) in [7, 11) is -3.83. The van der Waals surface area contributed by atoms with E-state index in [0.717, 1.165) is 23.2 Å². The number of nitrogens with one attached hydrogen (secondary N) is 2. The number of benzene rings is 2. The molecule has 2 aromatic rings. The Hall–Kier alpha value is -1.94. The van der Waals surface area contributed by atoms with Crippen molar-refractivity contribution in [1.82, 2.24) is 4.72 Å². The number of hydrogen-bond acceptors (Lipinski definition) is 5. The normalized spacial score (nSPS) is 15.8. The molecule has 162 valence electrons. The third kappa shape index (κ3) is 5.81. The van der Waals surface area contributed by atoms with E-state index >= 15 is 0 Å². The molecule has 0 spiro atoms. The molecule has 0 radical (unpaired) electrons. The molecular formula is C21H26BrN3O4S. The molecule has 7 nitrogen and oxygen atoms in total. The number of amides is 1. The summed E-state index contributed by atoms with van der Waals surface area (Å²) in [5, 5.41) is 2.82. The highest BCUT2D eigenvalue weighted by Gasteiger charge is 2.28. The second kappa shape index (κ2) is 9.91. The summed E-state index contributed by atoms with van der Waals surface area (Å²) in [6.07, 6.45) is 0. The van der Waals surface area contributed by atoms with Gasteiger partial charge in [-0.3, -0.25) is 4.79 Å². The van der Waals surface area contributed by atoms with Crippen molar-refractivity contribution in [2.75, 3.05) is 36.5 Å². The Morgan fingerprint density at radius 1 is 1.03 bits per heavy atom. The number of sulfonamides is 1. The van der Waals surface area contributed by atoms with Gasteiger partial charge in [0.2, 0.25) is 15.9 Å². The lowest BCUT2D eigenvalue weighted by molar-refractivity contribution is -0.118. The van der Waals surface area contributed by atoms with Crippen LogP contribution in [0.1, 0.15) is 13.8 Å². The van der Waals surface area contributed by atoms with Gasteiger partial charge in [0.25, 0.3) is 0 Å². The summed E-state index contributed by atoms with van der Waals surface area (Å²) in [5.41, 5.74) is 1.68. The maximum absolute atomic E-state index is 12.8. The maximum Gasteiger partial charge on any atom is 0.242 e. The van der Waals surface area contributed by atoms with E-state index in [-0.39, 0.29) is 10.8 Å². The first-order valence-electron chi connectivity index (χ1n) is 9.78. The minimum absolute atomic E-state index is 0.110. The molecule has 0 aliphatic carbocycles. The zero-order chi connectivity index (χ0) is 21.7. The Labute approximate surface area is 186 Å². The van der Waals surface area contributed by atoms with Crippen LogP contribution < -0.4 is 14.9 Å². The minimum Gasteiger partial charge on any atom is -0.378 e. The first-order valence-corrected chi connectivity index (χ1v) is 12.1. The topological polar surface area (TPSA) is 87.7 Å². The molecule has 2 aromatic carbocycles. The molecule has 1 atom stereocenters. The molecule has 0 aromatic heterocycles. The number of nitrogens with zero attached hydrogens (tertiary/aromatic N) is 1. The van der Waals surface area contributed by atoms with Crippen LogP contribution >= 0.6 is 15.9 Å². The van der Waals surface area contributed by atoms with Crippen LogP contribution in [-0.4, -0.2) is 46.7 Å². The monoisotopic (exact) mass is 495 g/mol. The Kier molecular flexibility index (Phi) is 7.51. The van der Waals surface area contributed by atoms with Crippen molar-refractivity contribution in [2.24, 2.45) is 5.92 Å². The van der Waals surface area contributed by atoms with Gasteiger partial charge in [0.1, 0.15) is 6.04 Å². The van der Waals surface area contributed by atoms with Crippen molar-refractivity contribution >= 4 is 43.2 Å². The third-order valence-electron chi connectivity index (χ3n) is 4.87. The number of rotatable bonds is 7. The number of morpholine rings is 1. The summed E-state index contributed by atoms with van der Waals surface area (Å²) < 4.78 is 34.1. The van der Waals surface area contributed by atoms with Gasteiger partial charge in [0.05, 0.1) is 18.1 Å². The summed E-state index contributed by atoms with van der Waals surface area (Å²) >= 11 is 3.29. The van der Waals surface area contributed by atoms with Gasteiger partial charge in [-0.1, -0.05) is 29.8 Å². The van der Waals surface area contributed by atoms with Crippen LogP contribution in [0.15, 0.2) is 57.9 Å². The highest BCUT2D eigenvalue weighted by molar-refractivity contribution is 9.10. The van der Waals surface area contributed by atoms with Crippen LogP contribution in [0.5, 0.6) is 0 Å². The summed E-state index contributed by atoms with van der Waals surface area (Å²) in [6, 6.07) is 12.9. The van der Waals surface area contributed by atoms with Crippen LogP contribution in [0, 0.1) is 5.92 Å². The lowest BCUT2D eigenvalue weighted by Gasteiger charge is -2.29. The Bertz CT molecular complexity index is 957. The van der Waals surface area contributed by atoms with E-state index in [1.165, 1.54) is 12.1 Å². The summed E-state index contributed by atoms with van der Waals surface area (Å²) in [4.78, 5) is 15.2. The number of carbonyl (C=O) groups is 1. The van der Waals surface area contributed by atoms with E-state index in [1.807, 2.05) is 24.3 Å². The van der Waals surface area contributed by atoms with Crippen LogP contribution in [0.2, 0.25) is 0 Å². The quantitative estimate of drug-likeness (QED) is 0.615. The molecule has 9 heteroatoms. The van der Waals surface area contributed by atoms with Crippen LogP contribution in [0.25, 0.3) is 0 Å². The molecule has 0 saturated carbocycles.